The first kappa shape index (κ1) is 17.9. The van der Waals surface area contributed by atoms with Crippen molar-refractivity contribution in [1.29, 1.82) is 0 Å². The van der Waals surface area contributed by atoms with E-state index in [4.69, 9.17) is 26.1 Å². The average molecular weight is 387 g/mol. The number of aromatic nitrogens is 2. The van der Waals surface area contributed by atoms with E-state index in [0.717, 1.165) is 36.5 Å². The zero-order chi connectivity index (χ0) is 19.0. The van der Waals surface area contributed by atoms with Gasteiger partial charge in [-0.15, -0.1) is 0 Å². The second kappa shape index (κ2) is 7.29. The summed E-state index contributed by atoms with van der Waals surface area (Å²) >= 11 is 6.32. The van der Waals surface area contributed by atoms with Crippen molar-refractivity contribution in [3.63, 3.8) is 0 Å². The van der Waals surface area contributed by atoms with Crippen LogP contribution in [0.1, 0.15) is 6.92 Å². The van der Waals surface area contributed by atoms with E-state index in [1.54, 1.807) is 20.3 Å². The van der Waals surface area contributed by atoms with Crippen LogP contribution < -0.4 is 19.7 Å². The van der Waals surface area contributed by atoms with Gasteiger partial charge in [-0.1, -0.05) is 11.6 Å². The Bertz CT molecular complexity index is 972. The van der Waals surface area contributed by atoms with E-state index >= 15 is 0 Å². The standard InChI is InChI=1S/C20H23ClN4O2/c1-13-11-22-5-7-25(13)14-4-6-24-12-17(23-20(24)8-14)15-9-16(21)19(27-3)10-18(15)26-2/h4,6,8-10,12-13,22H,5,7,11H2,1-3H3. The van der Waals surface area contributed by atoms with Gasteiger partial charge in [-0.3, -0.25) is 0 Å². The van der Waals surface area contributed by atoms with E-state index in [-0.39, 0.29) is 0 Å². The van der Waals surface area contributed by atoms with Gasteiger partial charge in [0.15, 0.2) is 0 Å². The number of hydrogen-bond donors (Lipinski definition) is 1. The number of imidazole rings is 1. The maximum absolute atomic E-state index is 6.32. The van der Waals surface area contributed by atoms with Crippen LogP contribution in [0.25, 0.3) is 16.9 Å². The number of pyridine rings is 1. The van der Waals surface area contributed by atoms with Crippen molar-refractivity contribution in [2.75, 3.05) is 38.8 Å². The molecule has 142 valence electrons. The van der Waals surface area contributed by atoms with E-state index in [1.807, 2.05) is 22.9 Å². The van der Waals surface area contributed by atoms with Gasteiger partial charge in [-0.2, -0.15) is 0 Å². The number of ether oxygens (including phenoxy) is 2. The summed E-state index contributed by atoms with van der Waals surface area (Å²) in [4.78, 5) is 7.22. The number of hydrogen-bond acceptors (Lipinski definition) is 5. The Balaban J connectivity index is 1.75. The summed E-state index contributed by atoms with van der Waals surface area (Å²) in [6.45, 7) is 5.22. The molecule has 6 nitrogen and oxygen atoms in total. The highest BCUT2D eigenvalue weighted by Crippen LogP contribution is 2.38. The van der Waals surface area contributed by atoms with Crippen LogP contribution in [-0.2, 0) is 0 Å². The lowest BCUT2D eigenvalue weighted by Crippen LogP contribution is -2.49. The monoisotopic (exact) mass is 386 g/mol. The first-order valence-electron chi connectivity index (χ1n) is 8.98. The SMILES string of the molecule is COc1cc(OC)c(-c2cn3ccc(N4CCNCC4C)cc3n2)cc1Cl. The van der Waals surface area contributed by atoms with Crippen LogP contribution in [0, 0.1) is 0 Å². The lowest BCUT2D eigenvalue weighted by molar-refractivity contribution is 0.395. The van der Waals surface area contributed by atoms with Crippen molar-refractivity contribution in [2.45, 2.75) is 13.0 Å². The molecule has 4 rings (SSSR count). The predicted octanol–water partition coefficient (Wildman–Crippen LogP) is 3.47. The third-order valence-electron chi connectivity index (χ3n) is 5.03. The smallest absolute Gasteiger partial charge is 0.141 e. The quantitative estimate of drug-likeness (QED) is 0.744. The summed E-state index contributed by atoms with van der Waals surface area (Å²) in [5.41, 5.74) is 3.72. The molecule has 3 heterocycles. The van der Waals surface area contributed by atoms with Crippen LogP contribution in [0.2, 0.25) is 5.02 Å². The van der Waals surface area contributed by atoms with Crippen LogP contribution in [0.3, 0.4) is 0 Å². The zero-order valence-electron chi connectivity index (χ0n) is 15.7. The molecule has 2 aromatic heterocycles. The molecule has 1 fully saturated rings. The third kappa shape index (κ3) is 3.31. The molecule has 1 atom stereocenters. The van der Waals surface area contributed by atoms with E-state index in [9.17, 15) is 0 Å². The number of benzene rings is 1. The fourth-order valence-electron chi connectivity index (χ4n) is 3.56. The van der Waals surface area contributed by atoms with Crippen molar-refractivity contribution >= 4 is 22.9 Å². The number of rotatable bonds is 4. The molecule has 1 N–H and O–H groups in total. The molecule has 3 aromatic rings. The Morgan fingerprint density at radius 2 is 2.00 bits per heavy atom. The summed E-state index contributed by atoms with van der Waals surface area (Å²) < 4.78 is 12.8. The number of methoxy groups -OCH3 is 2. The van der Waals surface area contributed by atoms with Gasteiger partial charge < -0.3 is 24.1 Å². The molecule has 0 bridgehead atoms. The molecule has 1 unspecified atom stereocenters. The first-order chi connectivity index (χ1) is 13.1. The van der Waals surface area contributed by atoms with Crippen molar-refractivity contribution < 1.29 is 9.47 Å². The molecule has 0 aliphatic carbocycles. The first-order valence-corrected chi connectivity index (χ1v) is 9.36. The second-order valence-corrected chi connectivity index (χ2v) is 7.12. The molecule has 0 amide bonds. The molecule has 0 spiro atoms. The number of fused-ring (bicyclic) bond motifs is 1. The number of halogens is 1. The molecular weight excluding hydrogens is 364 g/mol. The van der Waals surface area contributed by atoms with Crippen LogP contribution in [0.4, 0.5) is 5.69 Å². The molecule has 0 radical (unpaired) electrons. The van der Waals surface area contributed by atoms with Crippen molar-refractivity contribution in [1.82, 2.24) is 14.7 Å². The molecule has 1 aliphatic rings. The van der Waals surface area contributed by atoms with Crippen LogP contribution in [0.15, 0.2) is 36.7 Å². The van der Waals surface area contributed by atoms with Crippen molar-refractivity contribution in [2.24, 2.45) is 0 Å². The number of nitrogens with zero attached hydrogens (tertiary/aromatic N) is 3. The van der Waals surface area contributed by atoms with Gasteiger partial charge in [0.2, 0.25) is 0 Å². The summed E-state index contributed by atoms with van der Waals surface area (Å²) in [6.07, 6.45) is 4.04. The normalized spacial score (nSPS) is 17.3. The van der Waals surface area contributed by atoms with Gasteiger partial charge in [0.25, 0.3) is 0 Å². The molecule has 27 heavy (non-hydrogen) atoms. The van der Waals surface area contributed by atoms with E-state index < -0.39 is 0 Å². The largest absolute Gasteiger partial charge is 0.496 e. The van der Waals surface area contributed by atoms with Gasteiger partial charge in [0.1, 0.15) is 17.1 Å². The fourth-order valence-corrected chi connectivity index (χ4v) is 3.81. The molecule has 1 aromatic carbocycles. The minimum absolute atomic E-state index is 0.455. The summed E-state index contributed by atoms with van der Waals surface area (Å²) in [7, 11) is 3.22. The number of nitrogens with one attached hydrogen (secondary N) is 1. The highest BCUT2D eigenvalue weighted by Gasteiger charge is 2.19. The highest BCUT2D eigenvalue weighted by molar-refractivity contribution is 6.32. The molecule has 1 saturated heterocycles. The Hall–Kier alpha value is -2.44. The Labute approximate surface area is 163 Å². The third-order valence-corrected chi connectivity index (χ3v) is 5.32. The second-order valence-electron chi connectivity index (χ2n) is 6.71. The van der Waals surface area contributed by atoms with E-state index in [2.05, 4.69) is 29.3 Å². The van der Waals surface area contributed by atoms with Gasteiger partial charge in [0, 0.05) is 61.5 Å². The topological polar surface area (TPSA) is 51.0 Å². The van der Waals surface area contributed by atoms with Crippen LogP contribution in [0.5, 0.6) is 11.5 Å². The molecule has 1 aliphatic heterocycles. The van der Waals surface area contributed by atoms with Gasteiger partial charge >= 0.3 is 0 Å². The highest BCUT2D eigenvalue weighted by atomic mass is 35.5. The maximum atomic E-state index is 6.32. The number of anilines is 1. The summed E-state index contributed by atoms with van der Waals surface area (Å²) in [6, 6.07) is 8.34. The van der Waals surface area contributed by atoms with Crippen molar-refractivity contribution in [3.8, 4) is 22.8 Å². The van der Waals surface area contributed by atoms with Gasteiger partial charge in [-0.25, -0.2) is 4.98 Å². The molecule has 7 heteroatoms. The summed E-state index contributed by atoms with van der Waals surface area (Å²) in [5.74, 6) is 1.26. The minimum Gasteiger partial charge on any atom is -0.496 e. The Morgan fingerprint density at radius 3 is 2.74 bits per heavy atom. The fraction of sp³-hybridized carbons (Fsp3) is 0.350. The Morgan fingerprint density at radius 1 is 1.19 bits per heavy atom. The molecule has 0 saturated carbocycles. The van der Waals surface area contributed by atoms with Crippen LogP contribution in [-0.4, -0.2) is 49.3 Å². The van der Waals surface area contributed by atoms with Gasteiger partial charge in [-0.05, 0) is 19.1 Å². The average Bonchev–Trinajstić information content (AvgIpc) is 3.11. The molecular formula is C20H23ClN4O2. The predicted molar refractivity (Wildman–Crippen MR) is 108 cm³/mol. The van der Waals surface area contributed by atoms with E-state index in [1.165, 1.54) is 5.69 Å². The van der Waals surface area contributed by atoms with Crippen molar-refractivity contribution in [3.05, 3.63) is 41.7 Å². The lowest BCUT2D eigenvalue weighted by atomic mass is 10.1. The van der Waals surface area contributed by atoms with E-state index in [0.29, 0.717) is 22.6 Å². The maximum Gasteiger partial charge on any atom is 0.141 e. The minimum atomic E-state index is 0.455. The number of piperazine rings is 1. The lowest BCUT2D eigenvalue weighted by Gasteiger charge is -2.35. The zero-order valence-corrected chi connectivity index (χ0v) is 16.5. The summed E-state index contributed by atoms with van der Waals surface area (Å²) in [5, 5.41) is 3.95. The van der Waals surface area contributed by atoms with Gasteiger partial charge in [0.05, 0.1) is 24.9 Å². The Kier molecular flexibility index (Phi) is 4.85. The van der Waals surface area contributed by atoms with Crippen LogP contribution >= 0.6 is 11.6 Å².